The Morgan fingerprint density at radius 3 is 2.14 bits per heavy atom. The number of hydroxylamine groups is 1. The van der Waals surface area contributed by atoms with Crippen LogP contribution in [0.3, 0.4) is 0 Å². The molecule has 8 heteroatoms. The molecule has 2 amide bonds. The highest BCUT2D eigenvalue weighted by Gasteiger charge is 2.26. The molecule has 0 spiro atoms. The van der Waals surface area contributed by atoms with Gasteiger partial charge in [-0.2, -0.15) is 0 Å². The molecule has 1 fully saturated rings. The highest BCUT2D eigenvalue weighted by Crippen LogP contribution is 2.30. The number of halogens is 3. The van der Waals surface area contributed by atoms with Gasteiger partial charge >= 0.3 is 0 Å². The SMILES string of the molecule is O=C(CC1CCC1)NC(C(=O)NO)c1ccc(-c2cc(F)c(F)c(F)c2)cc1. The number of hydrogen-bond donors (Lipinski definition) is 3. The zero-order valence-electron chi connectivity index (χ0n) is 14.8. The summed E-state index contributed by atoms with van der Waals surface area (Å²) in [6, 6.07) is 6.55. The van der Waals surface area contributed by atoms with Gasteiger partial charge in [0.15, 0.2) is 17.5 Å². The zero-order chi connectivity index (χ0) is 20.3. The predicted molar refractivity (Wildman–Crippen MR) is 94.5 cm³/mol. The van der Waals surface area contributed by atoms with Gasteiger partial charge in [-0.25, -0.2) is 18.7 Å². The maximum absolute atomic E-state index is 13.4. The quantitative estimate of drug-likeness (QED) is 0.399. The molecule has 1 saturated carbocycles. The largest absolute Gasteiger partial charge is 0.340 e. The Hall–Kier alpha value is -2.87. The lowest BCUT2D eigenvalue weighted by atomic mass is 9.83. The van der Waals surface area contributed by atoms with E-state index in [9.17, 15) is 22.8 Å². The van der Waals surface area contributed by atoms with E-state index in [0.717, 1.165) is 31.4 Å². The monoisotopic (exact) mass is 392 g/mol. The maximum atomic E-state index is 13.4. The molecule has 0 bridgehead atoms. The average molecular weight is 392 g/mol. The molecule has 1 unspecified atom stereocenters. The van der Waals surface area contributed by atoms with E-state index in [1.807, 2.05) is 0 Å². The lowest BCUT2D eigenvalue weighted by molar-refractivity contribution is -0.135. The first-order chi connectivity index (χ1) is 13.4. The van der Waals surface area contributed by atoms with Crippen LogP contribution in [0.4, 0.5) is 13.2 Å². The Bertz CT molecular complexity index is 860. The molecular formula is C20H19F3N2O3. The Kier molecular flexibility index (Phi) is 5.99. The number of amides is 2. The van der Waals surface area contributed by atoms with E-state index in [2.05, 4.69) is 5.32 Å². The van der Waals surface area contributed by atoms with E-state index in [1.165, 1.54) is 29.7 Å². The van der Waals surface area contributed by atoms with Crippen LogP contribution in [0, 0.1) is 23.4 Å². The minimum atomic E-state index is -1.55. The summed E-state index contributed by atoms with van der Waals surface area (Å²) in [5.41, 5.74) is 2.42. The fraction of sp³-hybridized carbons (Fsp3) is 0.300. The Morgan fingerprint density at radius 2 is 1.64 bits per heavy atom. The molecule has 3 N–H and O–H groups in total. The van der Waals surface area contributed by atoms with Gasteiger partial charge in [-0.05, 0) is 47.6 Å². The van der Waals surface area contributed by atoms with Gasteiger partial charge in [0.05, 0.1) is 0 Å². The van der Waals surface area contributed by atoms with Gasteiger partial charge in [0.1, 0.15) is 6.04 Å². The van der Waals surface area contributed by atoms with E-state index < -0.39 is 29.4 Å². The number of carbonyl (C=O) groups is 2. The van der Waals surface area contributed by atoms with Crippen molar-refractivity contribution in [3.8, 4) is 11.1 Å². The summed E-state index contributed by atoms with van der Waals surface area (Å²) in [6.07, 6.45) is 3.35. The zero-order valence-corrected chi connectivity index (χ0v) is 14.8. The molecule has 1 aliphatic rings. The molecule has 28 heavy (non-hydrogen) atoms. The molecule has 0 heterocycles. The molecule has 2 aromatic carbocycles. The van der Waals surface area contributed by atoms with Crippen LogP contribution in [0.25, 0.3) is 11.1 Å². The third-order valence-corrected chi connectivity index (χ3v) is 4.94. The lowest BCUT2D eigenvalue weighted by Crippen LogP contribution is -2.40. The molecule has 1 aliphatic carbocycles. The Labute approximate surface area is 159 Å². The Balaban J connectivity index is 1.79. The second-order valence-electron chi connectivity index (χ2n) is 6.85. The molecule has 0 saturated heterocycles. The van der Waals surface area contributed by atoms with Crippen molar-refractivity contribution >= 4 is 11.8 Å². The maximum Gasteiger partial charge on any atom is 0.270 e. The smallest absolute Gasteiger partial charge is 0.270 e. The molecule has 1 atom stereocenters. The molecule has 2 aromatic rings. The lowest BCUT2D eigenvalue weighted by Gasteiger charge is -2.25. The molecule has 0 aromatic heterocycles. The van der Waals surface area contributed by atoms with Gasteiger partial charge in [-0.3, -0.25) is 14.8 Å². The first-order valence-corrected chi connectivity index (χ1v) is 8.87. The van der Waals surface area contributed by atoms with Gasteiger partial charge in [0.25, 0.3) is 5.91 Å². The molecule has 3 rings (SSSR count). The van der Waals surface area contributed by atoms with Crippen LogP contribution in [0.2, 0.25) is 0 Å². The van der Waals surface area contributed by atoms with Crippen molar-refractivity contribution in [3.05, 3.63) is 59.4 Å². The Morgan fingerprint density at radius 1 is 1.04 bits per heavy atom. The summed E-state index contributed by atoms with van der Waals surface area (Å²) in [5.74, 6) is -4.96. The summed E-state index contributed by atoms with van der Waals surface area (Å²) in [6.45, 7) is 0. The van der Waals surface area contributed by atoms with E-state index >= 15 is 0 Å². The number of rotatable bonds is 6. The van der Waals surface area contributed by atoms with Crippen LogP contribution in [-0.4, -0.2) is 17.0 Å². The van der Waals surface area contributed by atoms with E-state index in [1.54, 1.807) is 0 Å². The number of benzene rings is 2. The van der Waals surface area contributed by atoms with Crippen molar-refractivity contribution in [1.29, 1.82) is 0 Å². The fourth-order valence-corrected chi connectivity index (χ4v) is 3.13. The minimum Gasteiger partial charge on any atom is -0.340 e. The summed E-state index contributed by atoms with van der Waals surface area (Å²) in [5, 5.41) is 11.6. The topological polar surface area (TPSA) is 78.4 Å². The first-order valence-electron chi connectivity index (χ1n) is 8.87. The van der Waals surface area contributed by atoms with E-state index in [0.29, 0.717) is 23.5 Å². The van der Waals surface area contributed by atoms with Crippen LogP contribution in [0.1, 0.15) is 37.3 Å². The standard InChI is InChI=1S/C20H19F3N2O3/c21-15-9-14(10-16(22)18(15)23)12-4-6-13(7-5-12)19(20(27)25-28)24-17(26)8-11-2-1-3-11/h4-7,9-11,19,28H,1-3,8H2,(H,24,26)(H,25,27). The number of carbonyl (C=O) groups excluding carboxylic acids is 2. The van der Waals surface area contributed by atoms with Crippen molar-refractivity contribution in [1.82, 2.24) is 10.8 Å². The van der Waals surface area contributed by atoms with Gasteiger partial charge in [-0.1, -0.05) is 30.7 Å². The fourth-order valence-electron chi connectivity index (χ4n) is 3.13. The molecular weight excluding hydrogens is 373 g/mol. The third-order valence-electron chi connectivity index (χ3n) is 4.94. The highest BCUT2D eigenvalue weighted by molar-refractivity contribution is 5.88. The molecule has 5 nitrogen and oxygen atoms in total. The van der Waals surface area contributed by atoms with E-state index in [-0.39, 0.29) is 11.5 Å². The molecule has 0 radical (unpaired) electrons. The van der Waals surface area contributed by atoms with Crippen LogP contribution >= 0.6 is 0 Å². The van der Waals surface area contributed by atoms with Crippen molar-refractivity contribution in [3.63, 3.8) is 0 Å². The van der Waals surface area contributed by atoms with Crippen molar-refractivity contribution < 1.29 is 28.0 Å². The number of hydrogen-bond acceptors (Lipinski definition) is 3. The van der Waals surface area contributed by atoms with Crippen molar-refractivity contribution in [2.24, 2.45) is 5.92 Å². The number of nitrogens with one attached hydrogen (secondary N) is 2. The van der Waals surface area contributed by atoms with E-state index in [4.69, 9.17) is 5.21 Å². The van der Waals surface area contributed by atoms with Gasteiger partial charge in [0.2, 0.25) is 5.91 Å². The first kappa shape index (κ1) is 19.9. The van der Waals surface area contributed by atoms with Crippen molar-refractivity contribution in [2.75, 3.05) is 0 Å². The summed E-state index contributed by atoms with van der Waals surface area (Å²) in [7, 11) is 0. The molecule has 0 aliphatic heterocycles. The van der Waals surface area contributed by atoms with Crippen LogP contribution in [0.5, 0.6) is 0 Å². The second-order valence-corrected chi connectivity index (χ2v) is 6.85. The van der Waals surface area contributed by atoms with Crippen LogP contribution in [-0.2, 0) is 9.59 Å². The van der Waals surface area contributed by atoms with Crippen molar-refractivity contribution in [2.45, 2.75) is 31.7 Å². The molecule has 148 valence electrons. The van der Waals surface area contributed by atoms with Gasteiger partial charge in [0, 0.05) is 6.42 Å². The summed E-state index contributed by atoms with van der Waals surface area (Å²) in [4.78, 5) is 24.1. The predicted octanol–water partition coefficient (Wildman–Crippen LogP) is 3.62. The van der Waals surface area contributed by atoms with Crippen LogP contribution < -0.4 is 10.8 Å². The summed E-state index contributed by atoms with van der Waals surface area (Å²) >= 11 is 0. The van der Waals surface area contributed by atoms with Gasteiger partial charge < -0.3 is 5.32 Å². The second kappa shape index (κ2) is 8.43. The van der Waals surface area contributed by atoms with Gasteiger partial charge in [-0.15, -0.1) is 0 Å². The highest BCUT2D eigenvalue weighted by atomic mass is 19.2. The minimum absolute atomic E-state index is 0.125. The van der Waals surface area contributed by atoms with Crippen LogP contribution in [0.15, 0.2) is 36.4 Å². The normalized spacial score (nSPS) is 14.9. The average Bonchev–Trinajstić information content (AvgIpc) is 2.66. The third kappa shape index (κ3) is 4.33. The summed E-state index contributed by atoms with van der Waals surface area (Å²) < 4.78 is 40.0.